The van der Waals surface area contributed by atoms with Crippen molar-refractivity contribution in [2.75, 3.05) is 26.3 Å². The number of halogens is 2. The normalized spacial score (nSPS) is 10.6. The van der Waals surface area contributed by atoms with Gasteiger partial charge >= 0.3 is 11.9 Å². The van der Waals surface area contributed by atoms with Gasteiger partial charge in [-0.1, -0.05) is 0 Å². The van der Waals surface area contributed by atoms with Crippen LogP contribution in [0.15, 0.2) is 48.5 Å². The highest BCUT2D eigenvalue weighted by Gasteiger charge is 2.10. The third-order valence-corrected chi connectivity index (χ3v) is 4.76. The maximum atomic E-state index is 11.8. The predicted molar refractivity (Wildman–Crippen MR) is 112 cm³/mol. The summed E-state index contributed by atoms with van der Waals surface area (Å²) in [6.07, 6.45) is 0. The fourth-order valence-corrected chi connectivity index (χ4v) is 2.66. The largest absolute Gasteiger partial charge is 0.461 e. The van der Waals surface area contributed by atoms with E-state index in [-0.39, 0.29) is 26.3 Å². The Morgan fingerprint density at radius 3 is 1.46 bits per heavy atom. The molecule has 8 heteroatoms. The Bertz CT molecular complexity index is 671. The number of rotatable bonds is 8. The Morgan fingerprint density at radius 1 is 0.769 bits per heavy atom. The quantitative estimate of drug-likeness (QED) is 0.292. The number of hydrogen-bond acceptors (Lipinski definition) is 6. The highest BCUT2D eigenvalue weighted by molar-refractivity contribution is 14.1. The van der Waals surface area contributed by atoms with Gasteiger partial charge in [0, 0.05) is 7.14 Å². The molecule has 0 radical (unpaired) electrons. The number of hydroxylamine groups is 2. The second kappa shape index (κ2) is 10.8. The van der Waals surface area contributed by atoms with Crippen molar-refractivity contribution in [3.05, 3.63) is 66.8 Å². The van der Waals surface area contributed by atoms with Crippen LogP contribution in [0, 0.1) is 7.14 Å². The monoisotopic (exact) mass is 581 g/mol. The molecule has 6 nitrogen and oxygen atoms in total. The molecule has 0 aromatic heterocycles. The lowest BCUT2D eigenvalue weighted by Gasteiger charge is -2.14. The number of esters is 2. The number of ether oxygens (including phenoxy) is 2. The number of carbonyl (C=O) groups is 2. The summed E-state index contributed by atoms with van der Waals surface area (Å²) in [6, 6.07) is 14.0. The summed E-state index contributed by atoms with van der Waals surface area (Å²) in [5, 5.41) is 10.7. The molecule has 0 atom stereocenters. The van der Waals surface area contributed by atoms with Gasteiger partial charge in [0.25, 0.3) is 0 Å². The van der Waals surface area contributed by atoms with Crippen molar-refractivity contribution in [3.63, 3.8) is 0 Å². The number of benzene rings is 2. The summed E-state index contributed by atoms with van der Waals surface area (Å²) < 4.78 is 12.2. The van der Waals surface area contributed by atoms with E-state index < -0.39 is 11.9 Å². The molecule has 26 heavy (non-hydrogen) atoms. The van der Waals surface area contributed by atoms with E-state index in [1.54, 1.807) is 24.3 Å². The van der Waals surface area contributed by atoms with Gasteiger partial charge in [0.2, 0.25) is 0 Å². The number of hydrogen-bond donors (Lipinski definition) is 1. The van der Waals surface area contributed by atoms with E-state index in [1.807, 2.05) is 24.3 Å². The van der Waals surface area contributed by atoms with Crippen LogP contribution in [-0.2, 0) is 9.47 Å². The molecular weight excluding hydrogens is 564 g/mol. The second-order valence-corrected chi connectivity index (χ2v) is 7.73. The zero-order chi connectivity index (χ0) is 18.9. The van der Waals surface area contributed by atoms with Gasteiger partial charge in [-0.15, -0.1) is 0 Å². The standard InChI is InChI=1S/C18H17I2NO5/c19-15-5-1-13(2-6-15)17(22)25-11-9-21(24)10-12-26-18(23)14-3-7-16(20)8-4-14/h1-8,24H,9-12H2. The van der Waals surface area contributed by atoms with Crippen molar-refractivity contribution in [3.8, 4) is 0 Å². The molecule has 0 aliphatic heterocycles. The average Bonchev–Trinajstić information content (AvgIpc) is 2.62. The molecule has 0 bridgehead atoms. The molecule has 2 rings (SSSR count). The molecule has 0 saturated heterocycles. The summed E-state index contributed by atoms with van der Waals surface area (Å²) in [7, 11) is 0. The van der Waals surface area contributed by atoms with Crippen LogP contribution in [0.1, 0.15) is 20.7 Å². The Balaban J connectivity index is 1.63. The average molecular weight is 581 g/mol. The molecule has 0 unspecified atom stereocenters. The van der Waals surface area contributed by atoms with Crippen LogP contribution in [0.2, 0.25) is 0 Å². The number of nitrogens with zero attached hydrogens (tertiary/aromatic N) is 1. The summed E-state index contributed by atoms with van der Waals surface area (Å²) in [4.78, 5) is 23.7. The summed E-state index contributed by atoms with van der Waals surface area (Å²) in [6.45, 7) is 0.313. The summed E-state index contributed by atoms with van der Waals surface area (Å²) >= 11 is 4.30. The first kappa shape index (κ1) is 21.1. The molecule has 1 N–H and O–H groups in total. The van der Waals surface area contributed by atoms with Gasteiger partial charge in [0.05, 0.1) is 24.2 Å². The highest BCUT2D eigenvalue weighted by atomic mass is 127. The zero-order valence-corrected chi connectivity index (χ0v) is 18.0. The Kier molecular flexibility index (Phi) is 8.75. The third kappa shape index (κ3) is 7.17. The van der Waals surface area contributed by atoms with Gasteiger partial charge in [-0.3, -0.25) is 0 Å². The molecular formula is C18H17I2NO5. The van der Waals surface area contributed by atoms with Gasteiger partial charge in [0.1, 0.15) is 13.2 Å². The van der Waals surface area contributed by atoms with Gasteiger partial charge in [-0.05, 0) is 93.7 Å². The van der Waals surface area contributed by atoms with Crippen LogP contribution in [0.3, 0.4) is 0 Å². The second-order valence-electron chi connectivity index (χ2n) is 5.24. The van der Waals surface area contributed by atoms with Crippen LogP contribution in [-0.4, -0.2) is 48.5 Å². The molecule has 0 saturated carbocycles. The minimum Gasteiger partial charge on any atom is -0.461 e. The lowest BCUT2D eigenvalue weighted by atomic mass is 10.2. The van der Waals surface area contributed by atoms with E-state index in [2.05, 4.69) is 45.2 Å². The van der Waals surface area contributed by atoms with E-state index in [9.17, 15) is 14.8 Å². The van der Waals surface area contributed by atoms with E-state index >= 15 is 0 Å². The van der Waals surface area contributed by atoms with Gasteiger partial charge in [-0.25, -0.2) is 9.59 Å². The maximum absolute atomic E-state index is 11.8. The van der Waals surface area contributed by atoms with Crippen molar-refractivity contribution >= 4 is 57.1 Å². The summed E-state index contributed by atoms with van der Waals surface area (Å²) in [5.41, 5.74) is 0.919. The first-order chi connectivity index (χ1) is 12.5. The van der Waals surface area contributed by atoms with Crippen molar-refractivity contribution in [2.24, 2.45) is 0 Å². The molecule has 0 aliphatic rings. The SMILES string of the molecule is O=C(OCCN(O)CCOC(=O)c1ccc(I)cc1)c1ccc(I)cc1. The van der Waals surface area contributed by atoms with Gasteiger partial charge < -0.3 is 14.7 Å². The fourth-order valence-electron chi connectivity index (χ4n) is 1.94. The van der Waals surface area contributed by atoms with Crippen molar-refractivity contribution in [1.29, 1.82) is 0 Å². The van der Waals surface area contributed by atoms with E-state index in [1.165, 1.54) is 0 Å². The minimum atomic E-state index is -0.445. The van der Waals surface area contributed by atoms with E-state index in [0.717, 1.165) is 12.2 Å². The molecule has 2 aromatic rings. The molecule has 0 aliphatic carbocycles. The van der Waals surface area contributed by atoms with Crippen LogP contribution < -0.4 is 0 Å². The molecule has 0 spiro atoms. The summed E-state index contributed by atoms with van der Waals surface area (Å²) in [5.74, 6) is -0.889. The van der Waals surface area contributed by atoms with Crippen molar-refractivity contribution < 1.29 is 24.3 Å². The first-order valence-electron chi connectivity index (χ1n) is 7.75. The molecule has 2 aromatic carbocycles. The molecule has 0 amide bonds. The minimum absolute atomic E-state index is 0.0341. The zero-order valence-electron chi connectivity index (χ0n) is 13.7. The van der Waals surface area contributed by atoms with Crippen LogP contribution in [0.5, 0.6) is 0 Å². The molecule has 138 valence electrons. The van der Waals surface area contributed by atoms with Crippen molar-refractivity contribution in [2.45, 2.75) is 0 Å². The fraction of sp³-hybridized carbons (Fsp3) is 0.222. The van der Waals surface area contributed by atoms with E-state index in [4.69, 9.17) is 9.47 Å². The lowest BCUT2D eigenvalue weighted by molar-refractivity contribution is -0.107. The molecule has 0 heterocycles. The first-order valence-corrected chi connectivity index (χ1v) is 9.90. The predicted octanol–water partition coefficient (Wildman–Crippen LogP) is 3.60. The van der Waals surface area contributed by atoms with Crippen molar-refractivity contribution in [1.82, 2.24) is 5.06 Å². The lowest BCUT2D eigenvalue weighted by Crippen LogP contribution is -2.29. The molecule has 0 fully saturated rings. The van der Waals surface area contributed by atoms with Crippen LogP contribution >= 0.6 is 45.2 Å². The Labute approximate surface area is 178 Å². The topological polar surface area (TPSA) is 76.1 Å². The third-order valence-electron chi connectivity index (χ3n) is 3.32. The smallest absolute Gasteiger partial charge is 0.338 e. The van der Waals surface area contributed by atoms with E-state index in [0.29, 0.717) is 11.1 Å². The van der Waals surface area contributed by atoms with Gasteiger partial charge in [0.15, 0.2) is 0 Å². The van der Waals surface area contributed by atoms with Crippen LogP contribution in [0.4, 0.5) is 0 Å². The maximum Gasteiger partial charge on any atom is 0.338 e. The number of carbonyl (C=O) groups excluding carboxylic acids is 2. The Morgan fingerprint density at radius 2 is 1.12 bits per heavy atom. The highest BCUT2D eigenvalue weighted by Crippen LogP contribution is 2.09. The van der Waals surface area contributed by atoms with Gasteiger partial charge in [-0.2, -0.15) is 5.06 Å². The Hall–Kier alpha value is -1.24. The van der Waals surface area contributed by atoms with Crippen LogP contribution in [0.25, 0.3) is 0 Å².